The lowest BCUT2D eigenvalue weighted by atomic mass is 10.0. The van der Waals surface area contributed by atoms with Crippen LogP contribution in [0.4, 0.5) is 4.79 Å². The first-order chi connectivity index (χ1) is 9.58. The number of carboxylic acid groups (broad SMARTS) is 1. The van der Waals surface area contributed by atoms with Crippen LogP contribution in [0.2, 0.25) is 0 Å². The standard InChI is InChI=1S/C15H24N2O3/c1-8(14(18)19)3-2-6-16-15(20)17-13-11-9-4-5-10(7-9)12(11)13/h8-13H,2-7H2,1H3,(H,18,19)(H2,16,17,20). The van der Waals surface area contributed by atoms with Crippen LogP contribution in [-0.4, -0.2) is 29.7 Å². The van der Waals surface area contributed by atoms with Crippen molar-refractivity contribution in [3.05, 3.63) is 0 Å². The summed E-state index contributed by atoms with van der Waals surface area (Å²) in [4.78, 5) is 22.5. The first-order valence-corrected chi connectivity index (χ1v) is 7.85. The highest BCUT2D eigenvalue weighted by molar-refractivity contribution is 5.74. The summed E-state index contributed by atoms with van der Waals surface area (Å²) in [6.45, 7) is 2.25. The predicted octanol–water partition coefficient (Wildman–Crippen LogP) is 1.83. The van der Waals surface area contributed by atoms with E-state index in [-0.39, 0.29) is 11.9 Å². The van der Waals surface area contributed by atoms with Gasteiger partial charge in [0.1, 0.15) is 0 Å². The van der Waals surface area contributed by atoms with Crippen LogP contribution < -0.4 is 10.6 Å². The van der Waals surface area contributed by atoms with E-state index in [4.69, 9.17) is 5.11 Å². The first kappa shape index (κ1) is 13.7. The number of rotatable bonds is 6. The van der Waals surface area contributed by atoms with E-state index in [1.807, 2.05) is 0 Å². The van der Waals surface area contributed by atoms with E-state index in [2.05, 4.69) is 10.6 Å². The van der Waals surface area contributed by atoms with Crippen LogP contribution in [0.5, 0.6) is 0 Å². The second-order valence-electron chi connectivity index (χ2n) is 6.80. The van der Waals surface area contributed by atoms with Crippen molar-refractivity contribution >= 4 is 12.0 Å². The van der Waals surface area contributed by atoms with Crippen LogP contribution in [0.25, 0.3) is 0 Å². The van der Waals surface area contributed by atoms with Gasteiger partial charge in [-0.2, -0.15) is 0 Å². The number of fused-ring (bicyclic) bond motifs is 5. The van der Waals surface area contributed by atoms with Crippen molar-refractivity contribution in [3.63, 3.8) is 0 Å². The molecule has 3 N–H and O–H groups in total. The lowest BCUT2D eigenvalue weighted by Gasteiger charge is -2.12. The molecule has 0 aromatic carbocycles. The molecule has 3 fully saturated rings. The fraction of sp³-hybridized carbons (Fsp3) is 0.867. The number of carboxylic acids is 1. The molecule has 112 valence electrons. The van der Waals surface area contributed by atoms with Gasteiger partial charge in [-0.25, -0.2) is 4.79 Å². The number of urea groups is 1. The number of amides is 2. The summed E-state index contributed by atoms with van der Waals surface area (Å²) in [5.74, 6) is 2.14. The average molecular weight is 280 g/mol. The molecule has 5 heteroatoms. The zero-order valence-electron chi connectivity index (χ0n) is 12.0. The number of aliphatic carboxylic acids is 1. The summed E-state index contributed by atoms with van der Waals surface area (Å²) in [6, 6.07) is 0.339. The summed E-state index contributed by atoms with van der Waals surface area (Å²) in [7, 11) is 0. The number of hydrogen-bond acceptors (Lipinski definition) is 2. The molecule has 0 saturated heterocycles. The van der Waals surface area contributed by atoms with Gasteiger partial charge in [-0.1, -0.05) is 6.92 Å². The van der Waals surface area contributed by atoms with Crippen molar-refractivity contribution in [3.8, 4) is 0 Å². The maximum absolute atomic E-state index is 11.8. The van der Waals surface area contributed by atoms with Crippen LogP contribution in [0.1, 0.15) is 39.0 Å². The molecule has 20 heavy (non-hydrogen) atoms. The molecule has 2 bridgehead atoms. The second-order valence-corrected chi connectivity index (χ2v) is 6.80. The van der Waals surface area contributed by atoms with Crippen molar-refractivity contribution in [2.75, 3.05) is 6.54 Å². The maximum atomic E-state index is 11.8. The van der Waals surface area contributed by atoms with E-state index in [1.54, 1.807) is 6.92 Å². The van der Waals surface area contributed by atoms with Gasteiger partial charge >= 0.3 is 12.0 Å². The molecule has 3 aliphatic rings. The topological polar surface area (TPSA) is 78.4 Å². The summed E-state index contributed by atoms with van der Waals surface area (Å²) in [5, 5.41) is 14.7. The first-order valence-electron chi connectivity index (χ1n) is 7.85. The molecule has 5 unspecified atom stereocenters. The number of nitrogens with one attached hydrogen (secondary N) is 2. The van der Waals surface area contributed by atoms with Gasteiger partial charge in [0, 0.05) is 12.6 Å². The minimum absolute atomic E-state index is 0.0771. The minimum Gasteiger partial charge on any atom is -0.481 e. The van der Waals surface area contributed by atoms with Gasteiger partial charge in [0.05, 0.1) is 5.92 Å². The van der Waals surface area contributed by atoms with Gasteiger partial charge in [-0.3, -0.25) is 4.79 Å². The normalized spacial score (nSPS) is 38.1. The Kier molecular flexibility index (Phi) is 3.61. The molecule has 0 radical (unpaired) electrons. The Bertz CT molecular complexity index is 396. The van der Waals surface area contributed by atoms with E-state index in [0.29, 0.717) is 25.4 Å². The molecule has 5 atom stereocenters. The highest BCUT2D eigenvalue weighted by Crippen LogP contribution is 2.65. The van der Waals surface area contributed by atoms with Crippen molar-refractivity contribution in [2.45, 2.75) is 45.1 Å². The number of hydrogen-bond donors (Lipinski definition) is 3. The molecule has 0 aliphatic heterocycles. The quantitative estimate of drug-likeness (QED) is 0.649. The van der Waals surface area contributed by atoms with E-state index in [0.717, 1.165) is 23.7 Å². The fourth-order valence-corrected chi connectivity index (χ4v) is 4.45. The van der Waals surface area contributed by atoms with E-state index < -0.39 is 5.97 Å². The third-order valence-electron chi connectivity index (χ3n) is 5.55. The zero-order valence-corrected chi connectivity index (χ0v) is 12.0. The maximum Gasteiger partial charge on any atom is 0.315 e. The molecule has 0 aromatic heterocycles. The highest BCUT2D eigenvalue weighted by Gasteiger charge is 2.65. The molecule has 0 spiro atoms. The van der Waals surface area contributed by atoms with Gasteiger partial charge in [-0.05, 0) is 55.8 Å². The Morgan fingerprint density at radius 2 is 1.90 bits per heavy atom. The van der Waals surface area contributed by atoms with E-state index >= 15 is 0 Å². The summed E-state index contributed by atoms with van der Waals surface area (Å²) < 4.78 is 0. The van der Waals surface area contributed by atoms with Crippen molar-refractivity contribution in [1.82, 2.24) is 10.6 Å². The molecular weight excluding hydrogens is 256 g/mol. The summed E-state index contributed by atoms with van der Waals surface area (Å²) >= 11 is 0. The van der Waals surface area contributed by atoms with Crippen LogP contribution in [0.15, 0.2) is 0 Å². The fourth-order valence-electron chi connectivity index (χ4n) is 4.45. The molecule has 0 heterocycles. The van der Waals surface area contributed by atoms with E-state index in [9.17, 15) is 9.59 Å². The molecule has 3 aliphatic carbocycles. The number of carbonyl (C=O) groups excluding carboxylic acids is 1. The smallest absolute Gasteiger partial charge is 0.315 e. The highest BCUT2D eigenvalue weighted by atomic mass is 16.4. The Labute approximate surface area is 119 Å². The molecule has 5 nitrogen and oxygen atoms in total. The number of carbonyl (C=O) groups is 2. The molecule has 3 rings (SSSR count). The summed E-state index contributed by atoms with van der Waals surface area (Å²) in [6.07, 6.45) is 5.43. The van der Waals surface area contributed by atoms with Gasteiger partial charge < -0.3 is 15.7 Å². The lowest BCUT2D eigenvalue weighted by molar-refractivity contribution is -0.141. The predicted molar refractivity (Wildman–Crippen MR) is 74.2 cm³/mol. The second kappa shape index (κ2) is 5.26. The van der Waals surface area contributed by atoms with Crippen LogP contribution in [0.3, 0.4) is 0 Å². The Balaban J connectivity index is 1.30. The van der Waals surface area contributed by atoms with Crippen LogP contribution >= 0.6 is 0 Å². The SMILES string of the molecule is CC(CCCNC(=O)NC1C2C3CCC(C3)C12)C(=O)O. The Morgan fingerprint density at radius 3 is 2.50 bits per heavy atom. The Morgan fingerprint density at radius 1 is 1.25 bits per heavy atom. The van der Waals surface area contributed by atoms with Crippen molar-refractivity contribution in [2.24, 2.45) is 29.6 Å². The zero-order chi connectivity index (χ0) is 14.3. The molecule has 3 saturated carbocycles. The molecule has 0 aromatic rings. The van der Waals surface area contributed by atoms with E-state index in [1.165, 1.54) is 19.3 Å². The molecular formula is C15H24N2O3. The third-order valence-corrected chi connectivity index (χ3v) is 5.55. The summed E-state index contributed by atoms with van der Waals surface area (Å²) in [5.41, 5.74) is 0. The van der Waals surface area contributed by atoms with Crippen molar-refractivity contribution < 1.29 is 14.7 Å². The average Bonchev–Trinajstić information content (AvgIpc) is 2.82. The van der Waals surface area contributed by atoms with Crippen molar-refractivity contribution in [1.29, 1.82) is 0 Å². The third kappa shape index (κ3) is 2.50. The van der Waals surface area contributed by atoms with Gasteiger partial charge in [0.15, 0.2) is 0 Å². The van der Waals surface area contributed by atoms with Crippen LogP contribution in [0, 0.1) is 29.6 Å². The van der Waals surface area contributed by atoms with Gasteiger partial charge in [-0.15, -0.1) is 0 Å². The largest absolute Gasteiger partial charge is 0.481 e. The Hall–Kier alpha value is -1.26. The monoisotopic (exact) mass is 280 g/mol. The van der Waals surface area contributed by atoms with Crippen LogP contribution in [-0.2, 0) is 4.79 Å². The molecule has 2 amide bonds. The van der Waals surface area contributed by atoms with Gasteiger partial charge in [0.2, 0.25) is 0 Å². The lowest BCUT2D eigenvalue weighted by Crippen LogP contribution is -2.39. The minimum atomic E-state index is -0.768. The van der Waals surface area contributed by atoms with Gasteiger partial charge in [0.25, 0.3) is 0 Å².